The smallest absolute Gasteiger partial charge is 0.329 e. The van der Waals surface area contributed by atoms with Crippen molar-refractivity contribution in [3.05, 3.63) is 57.4 Å². The van der Waals surface area contributed by atoms with Gasteiger partial charge in [0.2, 0.25) is 0 Å². The highest BCUT2D eigenvalue weighted by Gasteiger charge is 2.14. The lowest BCUT2D eigenvalue weighted by Gasteiger charge is -2.11. The molecule has 0 spiro atoms. The lowest BCUT2D eigenvalue weighted by Crippen LogP contribution is -2.29. The molecule has 0 saturated heterocycles. The Morgan fingerprint density at radius 1 is 1.14 bits per heavy atom. The van der Waals surface area contributed by atoms with Crippen molar-refractivity contribution in [3.63, 3.8) is 0 Å². The Morgan fingerprint density at radius 3 is 2.67 bits per heavy atom. The molecule has 21 heavy (non-hydrogen) atoms. The molecule has 0 aliphatic heterocycles. The fraction of sp³-hybridized carbons (Fsp3) is 0.133. The van der Waals surface area contributed by atoms with Gasteiger partial charge in [-0.25, -0.2) is 9.78 Å². The molecule has 0 unspecified atom stereocenters. The Hall–Kier alpha value is -2.89. The second-order valence-corrected chi connectivity index (χ2v) is 4.58. The van der Waals surface area contributed by atoms with E-state index in [0.29, 0.717) is 22.3 Å². The van der Waals surface area contributed by atoms with E-state index in [-0.39, 0.29) is 0 Å². The Bertz CT molecular complexity index is 941. The van der Waals surface area contributed by atoms with Gasteiger partial charge in [-0.15, -0.1) is 0 Å². The van der Waals surface area contributed by atoms with Crippen LogP contribution < -0.4 is 16.0 Å². The highest BCUT2D eigenvalue weighted by atomic mass is 16.5. The first-order valence-corrected chi connectivity index (χ1v) is 6.35. The molecule has 2 heterocycles. The lowest BCUT2D eigenvalue weighted by atomic mass is 10.0. The number of pyridine rings is 1. The van der Waals surface area contributed by atoms with Gasteiger partial charge in [-0.05, 0) is 12.1 Å². The minimum atomic E-state index is -0.489. The van der Waals surface area contributed by atoms with E-state index in [2.05, 4.69) is 9.97 Å². The fourth-order valence-electron chi connectivity index (χ4n) is 2.36. The SMILES string of the molecule is COc1ccccc1-c1ccnc2c1c(=O)[nH]c(=O)n2C. The van der Waals surface area contributed by atoms with Crippen LogP contribution in [0.3, 0.4) is 0 Å². The molecule has 0 bridgehead atoms. The van der Waals surface area contributed by atoms with Crippen molar-refractivity contribution in [3.8, 4) is 16.9 Å². The van der Waals surface area contributed by atoms with E-state index in [1.807, 2.05) is 24.3 Å². The second-order valence-electron chi connectivity index (χ2n) is 4.58. The van der Waals surface area contributed by atoms with E-state index >= 15 is 0 Å². The normalized spacial score (nSPS) is 10.8. The maximum absolute atomic E-state index is 12.2. The minimum Gasteiger partial charge on any atom is -0.496 e. The summed E-state index contributed by atoms with van der Waals surface area (Å²) in [5.41, 5.74) is 0.845. The molecule has 2 aromatic heterocycles. The molecule has 0 aliphatic rings. The van der Waals surface area contributed by atoms with Gasteiger partial charge in [-0.3, -0.25) is 14.3 Å². The number of nitrogens with zero attached hydrogens (tertiary/aromatic N) is 2. The van der Waals surface area contributed by atoms with E-state index in [9.17, 15) is 9.59 Å². The highest BCUT2D eigenvalue weighted by Crippen LogP contribution is 2.32. The molecule has 1 N–H and O–H groups in total. The number of hydrogen-bond donors (Lipinski definition) is 1. The number of aromatic amines is 1. The van der Waals surface area contributed by atoms with Gasteiger partial charge in [0.1, 0.15) is 11.4 Å². The number of ether oxygens (including phenoxy) is 1. The van der Waals surface area contributed by atoms with Crippen LogP contribution in [0.15, 0.2) is 46.1 Å². The lowest BCUT2D eigenvalue weighted by molar-refractivity contribution is 0.416. The summed E-state index contributed by atoms with van der Waals surface area (Å²) in [4.78, 5) is 30.3. The van der Waals surface area contributed by atoms with Crippen LogP contribution in [0.25, 0.3) is 22.2 Å². The van der Waals surface area contributed by atoms with Crippen LogP contribution in [0.5, 0.6) is 5.75 Å². The number of aromatic nitrogens is 3. The van der Waals surface area contributed by atoms with Crippen LogP contribution >= 0.6 is 0 Å². The molecule has 1 aromatic carbocycles. The van der Waals surface area contributed by atoms with Gasteiger partial charge in [-0.2, -0.15) is 0 Å². The molecule has 3 aromatic rings. The van der Waals surface area contributed by atoms with Crippen molar-refractivity contribution >= 4 is 11.0 Å². The van der Waals surface area contributed by atoms with Crippen LogP contribution in [0.2, 0.25) is 0 Å². The molecule has 6 nitrogen and oxygen atoms in total. The van der Waals surface area contributed by atoms with Gasteiger partial charge in [-0.1, -0.05) is 18.2 Å². The van der Waals surface area contributed by atoms with Crippen molar-refractivity contribution in [1.82, 2.24) is 14.5 Å². The van der Waals surface area contributed by atoms with E-state index in [1.165, 1.54) is 4.57 Å². The average Bonchev–Trinajstić information content (AvgIpc) is 2.52. The fourth-order valence-corrected chi connectivity index (χ4v) is 2.36. The van der Waals surface area contributed by atoms with Gasteiger partial charge >= 0.3 is 5.69 Å². The van der Waals surface area contributed by atoms with Crippen LogP contribution in [0, 0.1) is 0 Å². The summed E-state index contributed by atoms with van der Waals surface area (Å²) in [5, 5.41) is 0.365. The van der Waals surface area contributed by atoms with Crippen LogP contribution in [-0.2, 0) is 7.05 Å². The third kappa shape index (κ3) is 2.01. The monoisotopic (exact) mass is 283 g/mol. The van der Waals surface area contributed by atoms with Crippen molar-refractivity contribution in [2.45, 2.75) is 0 Å². The molecule has 0 amide bonds. The van der Waals surface area contributed by atoms with E-state index < -0.39 is 11.2 Å². The molecule has 0 radical (unpaired) electrons. The summed E-state index contributed by atoms with van der Waals surface area (Å²) < 4.78 is 6.66. The second kappa shape index (κ2) is 4.90. The summed E-state index contributed by atoms with van der Waals surface area (Å²) in [6, 6.07) is 9.13. The van der Waals surface area contributed by atoms with E-state index in [1.54, 1.807) is 26.4 Å². The Morgan fingerprint density at radius 2 is 1.90 bits per heavy atom. The molecule has 6 heteroatoms. The van der Waals surface area contributed by atoms with Gasteiger partial charge in [0, 0.05) is 24.4 Å². The molecule has 0 aliphatic carbocycles. The van der Waals surface area contributed by atoms with Crippen molar-refractivity contribution in [2.75, 3.05) is 7.11 Å². The van der Waals surface area contributed by atoms with Crippen molar-refractivity contribution in [2.24, 2.45) is 7.05 Å². The number of H-pyrrole nitrogens is 1. The van der Waals surface area contributed by atoms with E-state index in [0.717, 1.165) is 5.56 Å². The predicted octanol–water partition coefficient (Wildman–Crippen LogP) is 1.30. The Kier molecular flexibility index (Phi) is 3.06. The molecular weight excluding hydrogens is 270 g/mol. The molecular formula is C15H13N3O3. The Labute approximate surface area is 119 Å². The number of rotatable bonds is 2. The molecule has 0 fully saturated rings. The number of benzene rings is 1. The average molecular weight is 283 g/mol. The first kappa shape index (κ1) is 13.1. The molecule has 0 saturated carbocycles. The zero-order valence-corrected chi connectivity index (χ0v) is 11.6. The number of methoxy groups -OCH3 is 1. The summed E-state index contributed by atoms with van der Waals surface area (Å²) >= 11 is 0. The number of nitrogens with one attached hydrogen (secondary N) is 1. The third-order valence-electron chi connectivity index (χ3n) is 3.40. The third-order valence-corrected chi connectivity index (χ3v) is 3.40. The molecule has 3 rings (SSSR count). The highest BCUT2D eigenvalue weighted by molar-refractivity contribution is 5.93. The largest absolute Gasteiger partial charge is 0.496 e. The standard InChI is InChI=1S/C15H13N3O3/c1-18-13-12(14(19)17-15(18)20)10(7-8-16-13)9-5-3-4-6-11(9)21-2/h3-8H,1-2H3,(H,17,19,20). The van der Waals surface area contributed by atoms with Crippen molar-refractivity contribution in [1.29, 1.82) is 0 Å². The van der Waals surface area contributed by atoms with E-state index in [4.69, 9.17) is 4.74 Å². The number of para-hydroxylation sites is 1. The first-order valence-electron chi connectivity index (χ1n) is 6.35. The molecule has 106 valence electrons. The van der Waals surface area contributed by atoms with Gasteiger partial charge in [0.25, 0.3) is 5.56 Å². The summed E-state index contributed by atoms with van der Waals surface area (Å²) in [7, 11) is 3.14. The maximum Gasteiger partial charge on any atom is 0.329 e. The first-order chi connectivity index (χ1) is 10.1. The summed E-state index contributed by atoms with van der Waals surface area (Å²) in [6.45, 7) is 0. The maximum atomic E-state index is 12.2. The summed E-state index contributed by atoms with van der Waals surface area (Å²) in [6.07, 6.45) is 1.57. The van der Waals surface area contributed by atoms with Crippen LogP contribution in [-0.4, -0.2) is 21.6 Å². The number of aryl methyl sites for hydroxylation is 1. The van der Waals surface area contributed by atoms with Crippen molar-refractivity contribution < 1.29 is 4.74 Å². The summed E-state index contributed by atoms with van der Waals surface area (Å²) in [5.74, 6) is 0.651. The number of fused-ring (bicyclic) bond motifs is 1. The quantitative estimate of drug-likeness (QED) is 0.769. The topological polar surface area (TPSA) is 77.0 Å². The van der Waals surface area contributed by atoms with Gasteiger partial charge in [0.15, 0.2) is 0 Å². The molecule has 0 atom stereocenters. The minimum absolute atomic E-state index is 0.340. The van der Waals surface area contributed by atoms with Gasteiger partial charge in [0.05, 0.1) is 12.5 Å². The zero-order valence-electron chi connectivity index (χ0n) is 11.6. The predicted molar refractivity (Wildman–Crippen MR) is 79.6 cm³/mol. The number of hydrogen-bond acceptors (Lipinski definition) is 4. The van der Waals surface area contributed by atoms with Crippen LogP contribution in [0.4, 0.5) is 0 Å². The zero-order chi connectivity index (χ0) is 15.0. The van der Waals surface area contributed by atoms with Gasteiger partial charge < -0.3 is 4.74 Å². The Balaban J connectivity index is 2.48. The van der Waals surface area contributed by atoms with Crippen LogP contribution in [0.1, 0.15) is 0 Å².